The summed E-state index contributed by atoms with van der Waals surface area (Å²) in [5.74, 6) is 0. The summed E-state index contributed by atoms with van der Waals surface area (Å²) >= 11 is 15.2. The van der Waals surface area contributed by atoms with Crippen LogP contribution in [0, 0.1) is 0 Å². The molecule has 0 fully saturated rings. The number of halogens is 2. The molecule has 7 rings (SSSR count). The third-order valence-electron chi connectivity index (χ3n) is 6.89. The van der Waals surface area contributed by atoms with Gasteiger partial charge in [0.05, 0.1) is 17.1 Å². The van der Waals surface area contributed by atoms with Gasteiger partial charge in [0.1, 0.15) is 0 Å². The van der Waals surface area contributed by atoms with Gasteiger partial charge in [0, 0.05) is 30.0 Å². The van der Waals surface area contributed by atoms with E-state index in [1.165, 1.54) is 58.4 Å². The maximum absolute atomic E-state index is 3.72. The van der Waals surface area contributed by atoms with Crippen molar-refractivity contribution in [3.63, 3.8) is 0 Å². The minimum Gasteiger partial charge on any atom is -0.134 e. The van der Waals surface area contributed by atoms with Crippen LogP contribution in [-0.4, -0.2) is 0 Å². The van der Waals surface area contributed by atoms with Crippen molar-refractivity contribution in [2.75, 3.05) is 0 Å². The number of hydrogen-bond acceptors (Lipinski definition) is 4. The van der Waals surface area contributed by atoms with Crippen LogP contribution in [0.1, 0.15) is 49.9 Å². The van der Waals surface area contributed by atoms with Crippen molar-refractivity contribution in [3.8, 4) is 20.2 Å². The summed E-state index contributed by atoms with van der Waals surface area (Å²) in [7, 11) is 0. The number of rotatable bonds is 0. The molecule has 5 aromatic rings. The molecule has 6 heteroatoms. The first kappa shape index (κ1) is 19.0. The lowest BCUT2D eigenvalue weighted by molar-refractivity contribution is 0.666. The third kappa shape index (κ3) is 2.07. The van der Waals surface area contributed by atoms with Crippen molar-refractivity contribution < 1.29 is 0 Å². The van der Waals surface area contributed by atoms with Crippen LogP contribution in [0.2, 0.25) is 0 Å². The van der Waals surface area contributed by atoms with E-state index in [9.17, 15) is 0 Å². The van der Waals surface area contributed by atoms with Gasteiger partial charge in [-0.25, -0.2) is 0 Å². The molecule has 150 valence electrons. The van der Waals surface area contributed by atoms with E-state index in [1.807, 2.05) is 45.3 Å². The highest BCUT2D eigenvalue weighted by molar-refractivity contribution is 9.11. The fourth-order valence-electron chi connectivity index (χ4n) is 5.62. The maximum atomic E-state index is 3.72. The first-order valence-corrected chi connectivity index (χ1v) is 14.7. The molecule has 2 aliphatic rings. The molecule has 0 unspecified atom stereocenters. The summed E-state index contributed by atoms with van der Waals surface area (Å²) in [5, 5.41) is 1.47. The number of fused-ring (bicyclic) bond motifs is 11. The van der Waals surface area contributed by atoms with Gasteiger partial charge in [0.15, 0.2) is 0 Å². The normalized spacial score (nSPS) is 17.5. The van der Waals surface area contributed by atoms with E-state index in [1.54, 1.807) is 11.1 Å². The highest BCUT2D eigenvalue weighted by Gasteiger charge is 2.45. The Labute approximate surface area is 207 Å². The lowest BCUT2D eigenvalue weighted by Gasteiger charge is -2.23. The molecule has 0 spiro atoms. The highest BCUT2D eigenvalue weighted by atomic mass is 79.9. The molecule has 0 atom stereocenters. The average Bonchev–Trinajstić information content (AvgIpc) is 3.42. The predicted molar refractivity (Wildman–Crippen MR) is 143 cm³/mol. The Morgan fingerprint density at radius 2 is 1.40 bits per heavy atom. The lowest BCUT2D eigenvalue weighted by Crippen LogP contribution is -2.16. The van der Waals surface area contributed by atoms with Gasteiger partial charge >= 0.3 is 0 Å². The van der Waals surface area contributed by atoms with Crippen molar-refractivity contribution in [1.29, 1.82) is 0 Å². The molecule has 0 radical (unpaired) electrons. The van der Waals surface area contributed by atoms with Gasteiger partial charge in [0.25, 0.3) is 0 Å². The molecule has 0 nitrogen and oxygen atoms in total. The molecule has 0 amide bonds. The van der Waals surface area contributed by atoms with Crippen molar-refractivity contribution in [2.24, 2.45) is 0 Å². The molecule has 0 saturated carbocycles. The Balaban J connectivity index is 1.59. The van der Waals surface area contributed by atoms with E-state index in [0.29, 0.717) is 0 Å². The molecule has 4 aromatic heterocycles. The quantitative estimate of drug-likeness (QED) is 0.168. The Kier molecular flexibility index (Phi) is 3.61. The summed E-state index contributed by atoms with van der Waals surface area (Å²) < 4.78 is 6.86. The second-order valence-electron chi connectivity index (χ2n) is 9.26. The fourth-order valence-corrected chi connectivity index (χ4v) is 12.8. The largest absolute Gasteiger partial charge is 0.134 e. The molecule has 2 aliphatic carbocycles. The maximum Gasteiger partial charge on any atom is 0.0719 e. The minimum absolute atomic E-state index is 0.0380. The zero-order valence-corrected chi connectivity index (χ0v) is 23.1. The van der Waals surface area contributed by atoms with Crippen LogP contribution in [0.4, 0.5) is 0 Å². The number of thiophene rings is 4. The molecule has 1 aromatic carbocycles. The Morgan fingerprint density at radius 3 is 2.20 bits per heavy atom. The van der Waals surface area contributed by atoms with E-state index in [-0.39, 0.29) is 10.8 Å². The second kappa shape index (κ2) is 5.70. The third-order valence-corrected chi connectivity index (χ3v) is 12.9. The van der Waals surface area contributed by atoms with Crippen LogP contribution < -0.4 is 0 Å². The van der Waals surface area contributed by atoms with Crippen LogP contribution in [0.15, 0.2) is 31.8 Å². The molecule has 0 aliphatic heterocycles. The zero-order chi connectivity index (χ0) is 20.7. The van der Waals surface area contributed by atoms with E-state index in [4.69, 9.17) is 0 Å². The van der Waals surface area contributed by atoms with Gasteiger partial charge in [-0.3, -0.25) is 0 Å². The summed E-state index contributed by atoms with van der Waals surface area (Å²) in [5.41, 5.74) is 7.61. The summed E-state index contributed by atoms with van der Waals surface area (Å²) in [6, 6.07) is 9.42. The standard InChI is InChI=1S/C24H16Br2S4/c1-23(2)11-7-13(25)28-18(11)9-5-6-10-16-21(30-19(10)15(9)23)22-17(24(16,3)4)20-12(27-22)8-14(26)29-20/h5-8H,1-4H3. The molecule has 30 heavy (non-hydrogen) atoms. The summed E-state index contributed by atoms with van der Waals surface area (Å²) in [6.07, 6.45) is 0. The van der Waals surface area contributed by atoms with Crippen LogP contribution in [0.5, 0.6) is 0 Å². The predicted octanol–water partition coefficient (Wildman–Crippen LogP) is 10.4. The monoisotopic (exact) mass is 590 g/mol. The fraction of sp³-hybridized carbons (Fsp3) is 0.250. The SMILES string of the molecule is CC1(C)c2c(sc3c4c(ccc23)-c2sc(Br)cc2C4(C)C)-c2sc3cc(Br)sc3c21. The number of hydrogen-bond donors (Lipinski definition) is 0. The van der Waals surface area contributed by atoms with Crippen molar-refractivity contribution >= 4 is 96.7 Å². The van der Waals surface area contributed by atoms with Gasteiger partial charge in [-0.15, -0.1) is 45.3 Å². The van der Waals surface area contributed by atoms with Crippen molar-refractivity contribution in [2.45, 2.75) is 38.5 Å². The summed E-state index contributed by atoms with van der Waals surface area (Å²) in [6.45, 7) is 9.65. The van der Waals surface area contributed by atoms with E-state index in [2.05, 4.69) is 83.8 Å². The minimum atomic E-state index is 0.0380. The van der Waals surface area contributed by atoms with Crippen LogP contribution in [0.25, 0.3) is 39.7 Å². The van der Waals surface area contributed by atoms with Gasteiger partial charge in [-0.2, -0.15) is 0 Å². The smallest absolute Gasteiger partial charge is 0.0719 e. The molecule has 0 saturated heterocycles. The Bertz CT molecular complexity index is 1570. The average molecular weight is 592 g/mol. The molecular weight excluding hydrogens is 576 g/mol. The lowest BCUT2D eigenvalue weighted by atomic mass is 9.79. The van der Waals surface area contributed by atoms with Gasteiger partial charge in [-0.05, 0) is 77.2 Å². The van der Waals surface area contributed by atoms with Crippen LogP contribution >= 0.6 is 77.2 Å². The number of benzene rings is 1. The topological polar surface area (TPSA) is 0 Å². The van der Waals surface area contributed by atoms with Gasteiger partial charge in [-0.1, -0.05) is 39.8 Å². The Morgan fingerprint density at radius 1 is 0.667 bits per heavy atom. The van der Waals surface area contributed by atoms with E-state index in [0.717, 1.165) is 0 Å². The molecule has 4 heterocycles. The summed E-state index contributed by atoms with van der Waals surface area (Å²) in [4.78, 5) is 4.46. The molecule has 0 N–H and O–H groups in total. The van der Waals surface area contributed by atoms with Crippen LogP contribution in [-0.2, 0) is 10.8 Å². The highest BCUT2D eigenvalue weighted by Crippen LogP contribution is 2.64. The van der Waals surface area contributed by atoms with E-state index >= 15 is 0 Å². The van der Waals surface area contributed by atoms with Crippen molar-refractivity contribution in [1.82, 2.24) is 0 Å². The van der Waals surface area contributed by atoms with Crippen LogP contribution in [0.3, 0.4) is 0 Å². The molecular formula is C24H16Br2S4. The van der Waals surface area contributed by atoms with Crippen molar-refractivity contribution in [3.05, 3.63) is 54.1 Å². The first-order valence-electron chi connectivity index (χ1n) is 9.83. The van der Waals surface area contributed by atoms with Gasteiger partial charge < -0.3 is 0 Å². The molecule has 0 bridgehead atoms. The first-order chi connectivity index (χ1) is 14.2. The zero-order valence-electron chi connectivity index (χ0n) is 16.7. The van der Waals surface area contributed by atoms with Gasteiger partial charge in [0.2, 0.25) is 0 Å². The second-order valence-corrected chi connectivity index (χ2v) is 16.2. The van der Waals surface area contributed by atoms with E-state index < -0.39 is 0 Å². The Hall–Kier alpha value is -0.500.